The second-order valence-electron chi connectivity index (χ2n) is 7.36. The molecule has 0 atom stereocenters. The van der Waals surface area contributed by atoms with Crippen molar-refractivity contribution in [2.75, 3.05) is 12.5 Å². The number of aromatic amines is 1. The number of H-pyrrole nitrogens is 1. The quantitative estimate of drug-likeness (QED) is 0.488. The summed E-state index contributed by atoms with van der Waals surface area (Å²) in [6.07, 6.45) is 1.64. The lowest BCUT2D eigenvalue weighted by molar-refractivity contribution is 0.131. The van der Waals surface area contributed by atoms with Gasteiger partial charge in [0.05, 0.1) is 19.0 Å². The molecule has 0 aliphatic heterocycles. The Labute approximate surface area is 169 Å². The van der Waals surface area contributed by atoms with Gasteiger partial charge in [0.2, 0.25) is 5.95 Å². The normalized spacial score (nSPS) is 11.4. The van der Waals surface area contributed by atoms with Crippen molar-refractivity contribution in [3.05, 3.63) is 70.5 Å². The van der Waals surface area contributed by atoms with Crippen LogP contribution in [0.2, 0.25) is 0 Å². The number of methoxy groups -OCH3 is 1. The molecule has 0 saturated carbocycles. The van der Waals surface area contributed by atoms with Crippen molar-refractivity contribution in [2.45, 2.75) is 26.4 Å². The van der Waals surface area contributed by atoms with E-state index in [1.165, 1.54) is 6.07 Å². The Morgan fingerprint density at radius 2 is 1.69 bits per heavy atom. The molecule has 3 aromatic rings. The zero-order chi connectivity index (χ0) is 20.9. The monoisotopic (exact) mass is 392 g/mol. The Morgan fingerprint density at radius 3 is 2.31 bits per heavy atom. The lowest BCUT2D eigenvalue weighted by atomic mass is 10.1. The Morgan fingerprint density at radius 1 is 1.03 bits per heavy atom. The highest BCUT2D eigenvalue weighted by atomic mass is 16.5. The highest BCUT2D eigenvalue weighted by molar-refractivity contribution is 5.80. The summed E-state index contributed by atoms with van der Waals surface area (Å²) in [5.41, 5.74) is 4.47. The van der Waals surface area contributed by atoms with Crippen molar-refractivity contribution in [1.29, 1.82) is 0 Å². The van der Waals surface area contributed by atoms with Gasteiger partial charge in [-0.25, -0.2) is 10.4 Å². The van der Waals surface area contributed by atoms with E-state index in [1.54, 1.807) is 13.3 Å². The van der Waals surface area contributed by atoms with Crippen LogP contribution in [0.25, 0.3) is 11.3 Å². The molecule has 0 bridgehead atoms. The molecule has 150 valence electrons. The van der Waals surface area contributed by atoms with Gasteiger partial charge in [-0.2, -0.15) is 5.10 Å². The molecule has 0 saturated heterocycles. The molecular weight excluding hydrogens is 368 g/mol. The molecule has 0 aliphatic carbocycles. The summed E-state index contributed by atoms with van der Waals surface area (Å²) < 4.78 is 10.9. The molecule has 0 spiro atoms. The van der Waals surface area contributed by atoms with E-state index in [1.807, 2.05) is 69.3 Å². The van der Waals surface area contributed by atoms with Crippen molar-refractivity contribution < 1.29 is 9.47 Å². The second-order valence-corrected chi connectivity index (χ2v) is 7.36. The Bertz CT molecular complexity index is 1030. The van der Waals surface area contributed by atoms with Crippen LogP contribution in [0.1, 0.15) is 26.3 Å². The lowest BCUT2D eigenvalue weighted by Gasteiger charge is -2.21. The third-order valence-electron chi connectivity index (χ3n) is 3.82. The van der Waals surface area contributed by atoms with E-state index in [-0.39, 0.29) is 17.1 Å². The molecule has 3 rings (SSSR count). The number of aromatic nitrogens is 2. The molecule has 0 aliphatic rings. The Balaban J connectivity index is 1.70. The van der Waals surface area contributed by atoms with Crippen LogP contribution in [0.3, 0.4) is 0 Å². The largest absolute Gasteiger partial charge is 0.497 e. The van der Waals surface area contributed by atoms with Crippen LogP contribution >= 0.6 is 0 Å². The lowest BCUT2D eigenvalue weighted by Crippen LogP contribution is -2.22. The maximum absolute atomic E-state index is 12.0. The number of hydrogen-bond donors (Lipinski definition) is 2. The fraction of sp³-hybridized carbons (Fsp3) is 0.227. The van der Waals surface area contributed by atoms with Gasteiger partial charge in [0.15, 0.2) is 0 Å². The maximum Gasteiger partial charge on any atom is 0.252 e. The third-order valence-corrected chi connectivity index (χ3v) is 3.82. The summed E-state index contributed by atoms with van der Waals surface area (Å²) in [4.78, 5) is 19.0. The van der Waals surface area contributed by atoms with E-state index in [4.69, 9.17) is 9.47 Å². The Kier molecular flexibility index (Phi) is 5.97. The van der Waals surface area contributed by atoms with Gasteiger partial charge in [0, 0.05) is 11.6 Å². The van der Waals surface area contributed by atoms with Crippen molar-refractivity contribution in [3.8, 4) is 22.8 Å². The Hall–Kier alpha value is -3.61. The molecule has 7 nitrogen and oxygen atoms in total. The predicted molar refractivity (Wildman–Crippen MR) is 115 cm³/mol. The van der Waals surface area contributed by atoms with Crippen LogP contribution in [0.4, 0.5) is 5.95 Å². The van der Waals surface area contributed by atoms with Gasteiger partial charge in [-0.3, -0.25) is 9.78 Å². The van der Waals surface area contributed by atoms with E-state index < -0.39 is 0 Å². The summed E-state index contributed by atoms with van der Waals surface area (Å²) in [5.74, 6) is 1.79. The fourth-order valence-electron chi connectivity index (χ4n) is 2.56. The van der Waals surface area contributed by atoms with Crippen molar-refractivity contribution in [3.63, 3.8) is 0 Å². The number of nitrogens with zero attached hydrogens (tertiary/aromatic N) is 2. The number of anilines is 1. The smallest absolute Gasteiger partial charge is 0.252 e. The summed E-state index contributed by atoms with van der Waals surface area (Å²) >= 11 is 0. The van der Waals surface area contributed by atoms with E-state index >= 15 is 0 Å². The van der Waals surface area contributed by atoms with Crippen LogP contribution < -0.4 is 20.5 Å². The number of benzene rings is 2. The first-order valence-corrected chi connectivity index (χ1v) is 9.16. The molecule has 0 amide bonds. The van der Waals surface area contributed by atoms with E-state index in [0.717, 1.165) is 22.6 Å². The van der Waals surface area contributed by atoms with Crippen LogP contribution in [0, 0.1) is 0 Å². The first-order valence-electron chi connectivity index (χ1n) is 9.16. The minimum absolute atomic E-state index is 0.246. The van der Waals surface area contributed by atoms with Gasteiger partial charge in [-0.1, -0.05) is 0 Å². The number of rotatable bonds is 6. The summed E-state index contributed by atoms with van der Waals surface area (Å²) in [7, 11) is 1.60. The fourth-order valence-corrected chi connectivity index (χ4v) is 2.56. The molecule has 0 fully saturated rings. The molecule has 2 N–H and O–H groups in total. The van der Waals surface area contributed by atoms with E-state index in [0.29, 0.717) is 5.69 Å². The van der Waals surface area contributed by atoms with Crippen LogP contribution in [0.15, 0.2) is 64.5 Å². The van der Waals surface area contributed by atoms with E-state index in [2.05, 4.69) is 20.5 Å². The molecule has 29 heavy (non-hydrogen) atoms. The topological polar surface area (TPSA) is 88.6 Å². The molecule has 0 unspecified atom stereocenters. The van der Waals surface area contributed by atoms with Gasteiger partial charge in [0.25, 0.3) is 5.56 Å². The van der Waals surface area contributed by atoms with Crippen molar-refractivity contribution in [2.24, 2.45) is 5.10 Å². The third kappa shape index (κ3) is 5.93. The number of ether oxygens (including phenoxy) is 2. The average molecular weight is 392 g/mol. The first kappa shape index (κ1) is 20.1. The maximum atomic E-state index is 12.0. The van der Waals surface area contributed by atoms with Gasteiger partial charge < -0.3 is 9.47 Å². The van der Waals surface area contributed by atoms with Crippen molar-refractivity contribution >= 4 is 12.2 Å². The SMILES string of the molecule is COc1ccc(-c2cc(=O)[nH]c(N/N=C\c3ccc(OC(C)(C)C)cc3)n2)cc1. The molecule has 1 aromatic heterocycles. The van der Waals surface area contributed by atoms with Gasteiger partial charge in [-0.05, 0) is 74.9 Å². The van der Waals surface area contributed by atoms with Gasteiger partial charge in [0.1, 0.15) is 17.1 Å². The van der Waals surface area contributed by atoms with Gasteiger partial charge in [-0.15, -0.1) is 0 Å². The molecule has 1 heterocycles. The highest BCUT2D eigenvalue weighted by Gasteiger charge is 2.11. The second kappa shape index (κ2) is 8.60. The first-order chi connectivity index (χ1) is 13.8. The predicted octanol–water partition coefficient (Wildman–Crippen LogP) is 4.07. The minimum atomic E-state index is -0.271. The summed E-state index contributed by atoms with van der Waals surface area (Å²) in [5, 5.41) is 4.15. The summed E-state index contributed by atoms with van der Waals surface area (Å²) in [6, 6.07) is 16.3. The number of nitrogens with one attached hydrogen (secondary N) is 2. The van der Waals surface area contributed by atoms with Gasteiger partial charge >= 0.3 is 0 Å². The van der Waals surface area contributed by atoms with Crippen LogP contribution in [-0.4, -0.2) is 28.9 Å². The summed E-state index contributed by atoms with van der Waals surface area (Å²) in [6.45, 7) is 6.00. The van der Waals surface area contributed by atoms with Crippen LogP contribution in [-0.2, 0) is 0 Å². The molecule has 0 radical (unpaired) electrons. The molecular formula is C22H24N4O3. The highest BCUT2D eigenvalue weighted by Crippen LogP contribution is 2.20. The molecule has 7 heteroatoms. The molecule has 2 aromatic carbocycles. The zero-order valence-electron chi connectivity index (χ0n) is 16.9. The average Bonchev–Trinajstić information content (AvgIpc) is 2.68. The van der Waals surface area contributed by atoms with Crippen LogP contribution in [0.5, 0.6) is 11.5 Å². The minimum Gasteiger partial charge on any atom is -0.497 e. The number of hydrogen-bond acceptors (Lipinski definition) is 6. The van der Waals surface area contributed by atoms with E-state index in [9.17, 15) is 4.79 Å². The van der Waals surface area contributed by atoms with Crippen molar-refractivity contribution in [1.82, 2.24) is 9.97 Å². The zero-order valence-corrected chi connectivity index (χ0v) is 16.9. The standard InChI is InChI=1S/C22H24N4O3/c1-22(2,3)29-18-9-5-15(6-10-18)14-23-26-21-24-19(13-20(27)25-21)16-7-11-17(28-4)12-8-16/h5-14H,1-4H3,(H2,24,25,26,27)/b23-14-. The number of hydrazone groups is 1.